The van der Waals surface area contributed by atoms with Crippen LogP contribution in [-0.4, -0.2) is 27.1 Å². The molecular formula is C13H12N6O. The average Bonchev–Trinajstić information content (AvgIpc) is 2.49. The van der Waals surface area contributed by atoms with E-state index in [9.17, 15) is 4.79 Å². The number of nitrogens with two attached hydrogens (primary N) is 1. The van der Waals surface area contributed by atoms with Gasteiger partial charge in [-0.15, -0.1) is 0 Å². The van der Waals surface area contributed by atoms with Crippen molar-refractivity contribution in [3.63, 3.8) is 0 Å². The third kappa shape index (κ3) is 3.22. The number of aromatic nitrogens is 3. The number of nitrogens with zero attached hydrogens (tertiary/aromatic N) is 3. The van der Waals surface area contributed by atoms with E-state index in [-0.39, 0.29) is 5.69 Å². The number of amides is 1. The van der Waals surface area contributed by atoms with Crippen LogP contribution in [0.3, 0.4) is 0 Å². The maximum Gasteiger partial charge on any atom is 0.267 e. The van der Waals surface area contributed by atoms with Gasteiger partial charge in [-0.3, -0.25) is 4.79 Å². The number of allylic oxidation sites excluding steroid dienone is 1. The van der Waals surface area contributed by atoms with Crippen molar-refractivity contribution in [1.82, 2.24) is 15.0 Å². The monoisotopic (exact) mass is 268 g/mol. The van der Waals surface area contributed by atoms with Gasteiger partial charge in [-0.05, 0) is 12.1 Å². The van der Waals surface area contributed by atoms with E-state index in [4.69, 9.17) is 11.1 Å². The van der Waals surface area contributed by atoms with Crippen molar-refractivity contribution in [1.29, 1.82) is 5.41 Å². The van der Waals surface area contributed by atoms with E-state index in [1.165, 1.54) is 12.4 Å². The van der Waals surface area contributed by atoms with Gasteiger partial charge >= 0.3 is 0 Å². The van der Waals surface area contributed by atoms with Crippen molar-refractivity contribution in [3.05, 3.63) is 54.5 Å². The summed E-state index contributed by atoms with van der Waals surface area (Å²) in [6.07, 6.45) is 7.32. The molecule has 4 N–H and O–H groups in total. The van der Waals surface area contributed by atoms with Gasteiger partial charge in [0.1, 0.15) is 12.0 Å². The van der Waals surface area contributed by atoms with Gasteiger partial charge in [0.05, 0.1) is 23.8 Å². The lowest BCUT2D eigenvalue weighted by molar-refractivity contribution is 0.0995. The molecule has 2 rings (SSSR count). The van der Waals surface area contributed by atoms with E-state index in [1.54, 1.807) is 30.7 Å². The lowest BCUT2D eigenvalue weighted by atomic mass is 10.2. The molecule has 7 heteroatoms. The quantitative estimate of drug-likeness (QED) is 0.701. The Morgan fingerprint density at radius 3 is 2.60 bits per heavy atom. The van der Waals surface area contributed by atoms with Gasteiger partial charge in [0.2, 0.25) is 0 Å². The lowest BCUT2D eigenvalue weighted by Gasteiger charge is -2.04. The molecule has 0 saturated carbocycles. The first kappa shape index (κ1) is 13.3. The van der Waals surface area contributed by atoms with Crippen molar-refractivity contribution in [2.45, 2.75) is 0 Å². The minimum absolute atomic E-state index is 0.151. The van der Waals surface area contributed by atoms with Crippen LogP contribution in [-0.2, 0) is 0 Å². The third-order valence-electron chi connectivity index (χ3n) is 2.41. The summed E-state index contributed by atoms with van der Waals surface area (Å²) in [6.45, 7) is 0. The van der Waals surface area contributed by atoms with E-state index >= 15 is 0 Å². The number of primary amides is 1. The largest absolute Gasteiger partial charge is 0.364 e. The lowest BCUT2D eigenvalue weighted by Crippen LogP contribution is -2.13. The summed E-state index contributed by atoms with van der Waals surface area (Å²) in [5, 5.41) is 10.4. The molecule has 2 aromatic rings. The van der Waals surface area contributed by atoms with E-state index < -0.39 is 5.91 Å². The second kappa shape index (κ2) is 6.19. The Hall–Kier alpha value is -3.09. The van der Waals surface area contributed by atoms with Gasteiger partial charge < -0.3 is 16.5 Å². The highest BCUT2D eigenvalue weighted by molar-refractivity contribution is 6.08. The molecule has 2 aromatic heterocycles. The SMILES string of the molecule is N=C/C(=C\Nc1cncnc1)c1cccc(C(N)=O)n1. The summed E-state index contributed by atoms with van der Waals surface area (Å²) in [5.74, 6) is -0.611. The maximum atomic E-state index is 11.1. The first-order valence-electron chi connectivity index (χ1n) is 5.70. The maximum absolute atomic E-state index is 11.1. The van der Waals surface area contributed by atoms with Crippen LogP contribution in [0.4, 0.5) is 5.69 Å². The number of nitrogens with one attached hydrogen (secondary N) is 2. The van der Waals surface area contributed by atoms with Gasteiger partial charge in [-0.1, -0.05) is 6.07 Å². The molecule has 1 amide bonds. The molecule has 2 heterocycles. The van der Waals surface area contributed by atoms with Crippen LogP contribution in [0.25, 0.3) is 5.57 Å². The summed E-state index contributed by atoms with van der Waals surface area (Å²) in [7, 11) is 0. The molecule has 0 aromatic carbocycles. The number of hydrogen-bond acceptors (Lipinski definition) is 6. The molecule has 0 atom stereocenters. The van der Waals surface area contributed by atoms with Crippen LogP contribution < -0.4 is 11.1 Å². The zero-order chi connectivity index (χ0) is 14.4. The zero-order valence-electron chi connectivity index (χ0n) is 10.4. The Morgan fingerprint density at radius 1 is 1.25 bits per heavy atom. The fourth-order valence-corrected chi connectivity index (χ4v) is 1.46. The van der Waals surface area contributed by atoms with Gasteiger partial charge in [-0.2, -0.15) is 0 Å². The molecule has 0 bridgehead atoms. The summed E-state index contributed by atoms with van der Waals surface area (Å²) >= 11 is 0. The Kier molecular flexibility index (Phi) is 4.13. The summed E-state index contributed by atoms with van der Waals surface area (Å²) in [6, 6.07) is 4.86. The number of carbonyl (C=O) groups excluding carboxylic acids is 1. The summed E-state index contributed by atoms with van der Waals surface area (Å²) < 4.78 is 0. The number of hydrogen-bond donors (Lipinski definition) is 3. The highest BCUT2D eigenvalue weighted by atomic mass is 16.1. The van der Waals surface area contributed by atoms with Crippen LogP contribution in [0, 0.1) is 5.41 Å². The molecule has 0 fully saturated rings. The van der Waals surface area contributed by atoms with Gasteiger partial charge in [-0.25, -0.2) is 15.0 Å². The molecule has 0 unspecified atom stereocenters. The molecule has 0 spiro atoms. The number of rotatable bonds is 5. The van der Waals surface area contributed by atoms with Gasteiger partial charge in [0.25, 0.3) is 5.91 Å². The van der Waals surface area contributed by atoms with Crippen molar-refractivity contribution in [2.75, 3.05) is 5.32 Å². The van der Waals surface area contributed by atoms with E-state index in [2.05, 4.69) is 20.3 Å². The van der Waals surface area contributed by atoms with E-state index in [0.717, 1.165) is 6.21 Å². The van der Waals surface area contributed by atoms with Crippen LogP contribution in [0.1, 0.15) is 16.2 Å². The first-order chi connectivity index (χ1) is 9.70. The summed E-state index contributed by atoms with van der Waals surface area (Å²) in [5.41, 5.74) is 6.98. The highest BCUT2D eigenvalue weighted by Crippen LogP contribution is 2.11. The van der Waals surface area contributed by atoms with Crippen molar-refractivity contribution < 1.29 is 4.79 Å². The molecule has 100 valence electrons. The van der Waals surface area contributed by atoms with Gasteiger partial charge in [0, 0.05) is 18.0 Å². The fourth-order valence-electron chi connectivity index (χ4n) is 1.46. The van der Waals surface area contributed by atoms with Crippen LogP contribution in [0.2, 0.25) is 0 Å². The fraction of sp³-hybridized carbons (Fsp3) is 0. The molecule has 0 radical (unpaired) electrons. The topological polar surface area (TPSA) is 118 Å². The molecule has 0 aliphatic carbocycles. The van der Waals surface area contributed by atoms with Crippen LogP contribution in [0.15, 0.2) is 43.1 Å². The zero-order valence-corrected chi connectivity index (χ0v) is 10.4. The van der Waals surface area contributed by atoms with Crippen molar-refractivity contribution in [3.8, 4) is 0 Å². The second-order valence-corrected chi connectivity index (χ2v) is 3.79. The smallest absolute Gasteiger partial charge is 0.267 e. The molecule has 0 aliphatic rings. The van der Waals surface area contributed by atoms with Gasteiger partial charge in [0.15, 0.2) is 0 Å². The molecule has 0 saturated heterocycles. The molecule has 0 aliphatic heterocycles. The Morgan fingerprint density at radius 2 is 1.95 bits per heavy atom. The molecular weight excluding hydrogens is 256 g/mol. The molecule has 20 heavy (non-hydrogen) atoms. The summed E-state index contributed by atoms with van der Waals surface area (Å²) in [4.78, 5) is 22.9. The normalized spacial score (nSPS) is 10.9. The van der Waals surface area contributed by atoms with E-state index in [1.807, 2.05) is 0 Å². The molecule has 7 nitrogen and oxygen atoms in total. The standard InChI is InChI=1S/C13H12N6O/c14-4-9(5-18-10-6-16-8-17-7-10)11-2-1-3-12(19-11)13(15)20/h1-8,14,18H,(H2,15,20)/b9-5+,14-4?. The number of anilines is 1. The number of pyridine rings is 1. The van der Waals surface area contributed by atoms with Crippen molar-refractivity contribution >= 4 is 23.4 Å². The Bertz CT molecular complexity index is 653. The van der Waals surface area contributed by atoms with Crippen LogP contribution >= 0.6 is 0 Å². The third-order valence-corrected chi connectivity index (χ3v) is 2.41. The van der Waals surface area contributed by atoms with E-state index in [0.29, 0.717) is 17.0 Å². The predicted molar refractivity (Wildman–Crippen MR) is 75.2 cm³/mol. The minimum Gasteiger partial charge on any atom is -0.364 e. The predicted octanol–water partition coefficient (Wildman–Crippen LogP) is 1.07. The highest BCUT2D eigenvalue weighted by Gasteiger charge is 2.05. The first-order valence-corrected chi connectivity index (χ1v) is 5.70. The minimum atomic E-state index is -0.611. The van der Waals surface area contributed by atoms with Crippen LogP contribution in [0.5, 0.6) is 0 Å². The second-order valence-electron chi connectivity index (χ2n) is 3.79. The Labute approximate surface area is 115 Å². The Balaban J connectivity index is 2.26. The van der Waals surface area contributed by atoms with Crippen molar-refractivity contribution in [2.24, 2.45) is 5.73 Å². The average molecular weight is 268 g/mol. The number of carbonyl (C=O) groups is 1.